The lowest BCUT2D eigenvalue weighted by molar-refractivity contribution is 0.569. The molecule has 1 aliphatic rings. The molecule has 2 unspecified atom stereocenters. The maximum absolute atomic E-state index is 11.0. The van der Waals surface area contributed by atoms with Crippen LogP contribution in [-0.2, 0) is 22.4 Å². The standard InChI is InChI=1S/C28H20N4O2P2S/c33-13-35-27-29-12-23(31-27)25-11-18-2-1-16(10-24(18)37-25)15-3-5-19-17(9-15)4-6-21-20(19)7-8-22-26(21)32-28(30-22)36-14-34/h1-6,9-14,35-36H,7-8H2,(H,29,31)(H,30,32). The summed E-state index contributed by atoms with van der Waals surface area (Å²) in [6, 6.07) is 21.6. The van der Waals surface area contributed by atoms with E-state index in [0.717, 1.165) is 52.4 Å². The van der Waals surface area contributed by atoms with Gasteiger partial charge in [0.15, 0.2) is 0 Å². The number of thiophene rings is 1. The molecule has 0 saturated carbocycles. The molecule has 0 saturated heterocycles. The Morgan fingerprint density at radius 2 is 1.65 bits per heavy atom. The molecule has 0 aliphatic heterocycles. The minimum atomic E-state index is 0.0462. The highest BCUT2D eigenvalue weighted by molar-refractivity contribution is 7.62. The number of hydrogen-bond acceptors (Lipinski definition) is 5. The van der Waals surface area contributed by atoms with Gasteiger partial charge in [-0.2, -0.15) is 0 Å². The van der Waals surface area contributed by atoms with Crippen LogP contribution in [0.25, 0.3) is 53.8 Å². The Balaban J connectivity index is 1.24. The number of nitrogens with zero attached hydrogens (tertiary/aromatic N) is 2. The average Bonchev–Trinajstić information content (AvgIpc) is 3.66. The van der Waals surface area contributed by atoms with E-state index >= 15 is 0 Å². The molecule has 6 nitrogen and oxygen atoms in total. The number of hydrogen-bond donors (Lipinski definition) is 2. The van der Waals surface area contributed by atoms with E-state index in [-0.39, 0.29) is 17.2 Å². The van der Waals surface area contributed by atoms with Gasteiger partial charge in [-0.15, -0.1) is 11.3 Å². The number of fused-ring (bicyclic) bond motifs is 6. The van der Waals surface area contributed by atoms with Crippen molar-refractivity contribution >= 4 is 72.5 Å². The number of carbonyl (C=O) groups excluding carboxylic acids is 2. The number of imidazole rings is 2. The fourth-order valence-corrected chi connectivity index (χ4v) is 7.21. The van der Waals surface area contributed by atoms with Crippen LogP contribution in [-0.4, -0.2) is 32.0 Å². The van der Waals surface area contributed by atoms with Gasteiger partial charge in [-0.1, -0.05) is 36.4 Å². The Morgan fingerprint density at radius 1 is 0.838 bits per heavy atom. The molecule has 7 rings (SSSR count). The molecule has 180 valence electrons. The van der Waals surface area contributed by atoms with Gasteiger partial charge in [0.2, 0.25) is 0 Å². The van der Waals surface area contributed by atoms with Crippen molar-refractivity contribution in [3.05, 3.63) is 72.1 Å². The Hall–Kier alpha value is -3.50. The lowest BCUT2D eigenvalue weighted by atomic mass is 9.87. The molecule has 0 amide bonds. The zero-order valence-corrected chi connectivity index (χ0v) is 22.3. The van der Waals surface area contributed by atoms with Crippen LogP contribution in [0.2, 0.25) is 0 Å². The van der Waals surface area contributed by atoms with Crippen LogP contribution >= 0.6 is 28.5 Å². The second kappa shape index (κ2) is 9.11. The molecular weight excluding hydrogens is 518 g/mol. The number of rotatable bonds is 6. The summed E-state index contributed by atoms with van der Waals surface area (Å²) in [6.07, 6.45) is 3.67. The third kappa shape index (κ3) is 3.95. The summed E-state index contributed by atoms with van der Waals surface area (Å²) in [7, 11) is 0.108. The van der Waals surface area contributed by atoms with Crippen molar-refractivity contribution in [2.75, 3.05) is 0 Å². The van der Waals surface area contributed by atoms with Crippen molar-refractivity contribution in [2.45, 2.75) is 12.8 Å². The molecule has 9 heteroatoms. The molecule has 3 aromatic heterocycles. The molecular formula is C28H20N4O2P2S. The highest BCUT2D eigenvalue weighted by Gasteiger charge is 2.22. The van der Waals surface area contributed by atoms with Crippen LogP contribution < -0.4 is 11.1 Å². The largest absolute Gasteiger partial charge is 0.341 e. The second-order valence-corrected chi connectivity index (χ2v) is 12.1. The van der Waals surface area contributed by atoms with E-state index in [9.17, 15) is 9.59 Å². The summed E-state index contributed by atoms with van der Waals surface area (Å²) in [4.78, 5) is 38.5. The number of aromatic nitrogens is 4. The Bertz CT molecular complexity index is 1850. The summed E-state index contributed by atoms with van der Waals surface area (Å²) in [6.45, 7) is 0. The first-order chi connectivity index (χ1) is 18.2. The van der Waals surface area contributed by atoms with E-state index in [0.29, 0.717) is 5.57 Å². The van der Waals surface area contributed by atoms with Gasteiger partial charge in [0, 0.05) is 33.1 Å². The molecule has 2 N–H and O–H groups in total. The third-order valence-electron chi connectivity index (χ3n) is 6.88. The average molecular weight is 539 g/mol. The van der Waals surface area contributed by atoms with Crippen molar-refractivity contribution in [2.24, 2.45) is 0 Å². The molecule has 0 bridgehead atoms. The predicted octanol–water partition coefficient (Wildman–Crippen LogP) is 5.59. The number of H-pyrrole nitrogens is 2. The molecule has 0 radical (unpaired) electrons. The van der Waals surface area contributed by atoms with E-state index in [2.05, 4.69) is 69.5 Å². The summed E-state index contributed by atoms with van der Waals surface area (Å²) >= 11 is 1.72. The number of carbonyl (C=O) groups is 2. The molecule has 3 heterocycles. The maximum Gasteiger partial charge on any atom is 0.146 e. The van der Waals surface area contributed by atoms with E-state index in [1.165, 1.54) is 43.1 Å². The zero-order valence-electron chi connectivity index (χ0n) is 19.5. The monoisotopic (exact) mass is 538 g/mol. The van der Waals surface area contributed by atoms with Gasteiger partial charge in [0.1, 0.15) is 23.2 Å². The Labute approximate surface area is 219 Å². The van der Waals surface area contributed by atoms with Crippen LogP contribution in [0.1, 0.15) is 11.3 Å². The molecule has 2 atom stereocenters. The zero-order chi connectivity index (χ0) is 24.9. The van der Waals surface area contributed by atoms with E-state index in [1.807, 2.05) is 0 Å². The van der Waals surface area contributed by atoms with Gasteiger partial charge in [0.05, 0.1) is 22.5 Å². The molecule has 1 aliphatic carbocycles. The van der Waals surface area contributed by atoms with Crippen LogP contribution in [0, 0.1) is 0 Å². The highest BCUT2D eigenvalue weighted by atomic mass is 32.1. The predicted molar refractivity (Wildman–Crippen MR) is 157 cm³/mol. The van der Waals surface area contributed by atoms with Gasteiger partial charge >= 0.3 is 0 Å². The molecule has 37 heavy (non-hydrogen) atoms. The van der Waals surface area contributed by atoms with E-state index < -0.39 is 0 Å². The smallest absolute Gasteiger partial charge is 0.146 e. The third-order valence-corrected chi connectivity index (χ3v) is 9.28. The van der Waals surface area contributed by atoms with E-state index in [4.69, 9.17) is 4.98 Å². The fourth-order valence-electron chi connectivity index (χ4n) is 5.17. The van der Waals surface area contributed by atoms with Crippen LogP contribution in [0.15, 0.2) is 60.8 Å². The number of aromatic amines is 2. The van der Waals surface area contributed by atoms with Crippen LogP contribution in [0.5, 0.6) is 0 Å². The Morgan fingerprint density at radius 3 is 2.54 bits per heavy atom. The molecule has 6 aromatic rings. The number of aryl methyl sites for hydroxylation is 2. The summed E-state index contributed by atoms with van der Waals surface area (Å²) in [5.74, 6) is 0. The maximum atomic E-state index is 11.0. The summed E-state index contributed by atoms with van der Waals surface area (Å²) in [5.41, 5.74) is 9.42. The minimum Gasteiger partial charge on any atom is -0.341 e. The fraction of sp³-hybridized carbons (Fsp3) is 0.0714. The lowest BCUT2D eigenvalue weighted by Crippen LogP contribution is -2.04. The first kappa shape index (κ1) is 22.7. The van der Waals surface area contributed by atoms with Gasteiger partial charge in [-0.3, -0.25) is 9.59 Å². The molecule has 0 spiro atoms. The second-order valence-electron chi connectivity index (χ2n) is 8.97. The van der Waals surface area contributed by atoms with Gasteiger partial charge in [-0.05, 0) is 63.9 Å². The summed E-state index contributed by atoms with van der Waals surface area (Å²) < 4.78 is 1.21. The van der Waals surface area contributed by atoms with Crippen molar-refractivity contribution in [3.8, 4) is 33.0 Å². The number of benzene rings is 3. The quantitative estimate of drug-likeness (QED) is 0.214. The van der Waals surface area contributed by atoms with Crippen LogP contribution in [0.3, 0.4) is 0 Å². The first-order valence-corrected chi connectivity index (χ1v) is 14.8. The minimum absolute atomic E-state index is 0.0462. The number of nitrogens with one attached hydrogen (secondary N) is 2. The van der Waals surface area contributed by atoms with Gasteiger partial charge in [0.25, 0.3) is 0 Å². The Kier molecular flexibility index (Phi) is 5.58. The van der Waals surface area contributed by atoms with E-state index in [1.54, 1.807) is 17.5 Å². The van der Waals surface area contributed by atoms with Gasteiger partial charge < -0.3 is 9.97 Å². The van der Waals surface area contributed by atoms with Crippen molar-refractivity contribution in [1.82, 2.24) is 19.9 Å². The topological polar surface area (TPSA) is 91.5 Å². The van der Waals surface area contributed by atoms with Crippen molar-refractivity contribution in [3.63, 3.8) is 0 Å². The normalized spacial score (nSPS) is 13.2. The van der Waals surface area contributed by atoms with Gasteiger partial charge in [-0.25, -0.2) is 9.97 Å². The summed E-state index contributed by atoms with van der Waals surface area (Å²) in [5, 5.41) is 3.68. The van der Waals surface area contributed by atoms with Crippen LogP contribution in [0.4, 0.5) is 0 Å². The van der Waals surface area contributed by atoms with Crippen molar-refractivity contribution < 1.29 is 9.59 Å². The molecule has 3 aromatic carbocycles. The first-order valence-electron chi connectivity index (χ1n) is 11.8. The van der Waals surface area contributed by atoms with Crippen molar-refractivity contribution in [1.29, 1.82) is 0 Å². The molecule has 0 fully saturated rings. The lowest BCUT2D eigenvalue weighted by Gasteiger charge is -2.18. The highest BCUT2D eigenvalue weighted by Crippen LogP contribution is 2.39. The SMILES string of the molecule is O=CPc1ncc(-c2cc3ccc(-c4ccc5c6c(ccc5c4)-c4nc(PC=O)[nH]c4CC6)cc3s2)[nH]1.